The molecule has 0 N–H and O–H groups in total. The number of rotatable bonds is 6. The van der Waals surface area contributed by atoms with Crippen LogP contribution in [0.4, 0.5) is 0 Å². The van der Waals surface area contributed by atoms with Crippen molar-refractivity contribution in [1.29, 1.82) is 0 Å². The molecule has 7 heteroatoms. The van der Waals surface area contributed by atoms with Crippen LogP contribution in [0.25, 0.3) is 0 Å². The third-order valence-corrected chi connectivity index (χ3v) is 3.88. The average Bonchev–Trinajstić information content (AvgIpc) is 2.82. The summed E-state index contributed by atoms with van der Waals surface area (Å²) in [6.07, 6.45) is 1.18. The Morgan fingerprint density at radius 3 is 2.70 bits per heavy atom. The Bertz CT molecular complexity index is 611. The van der Waals surface area contributed by atoms with Crippen LogP contribution >= 0.6 is 0 Å². The van der Waals surface area contributed by atoms with E-state index in [1.807, 2.05) is 0 Å². The predicted molar refractivity (Wildman–Crippen MR) is 74.1 cm³/mol. The average molecular weight is 299 g/mol. The number of sulfone groups is 1. The second-order valence-electron chi connectivity index (χ2n) is 4.86. The normalized spacial score (nSPS) is 13.8. The van der Waals surface area contributed by atoms with E-state index >= 15 is 0 Å². The third kappa shape index (κ3) is 3.94. The number of ketones is 1. The highest BCUT2D eigenvalue weighted by Crippen LogP contribution is 2.32. The lowest BCUT2D eigenvalue weighted by Crippen LogP contribution is -2.30. The SMILES string of the molecule is CN(CCS(C)(=O)=O)CC(=O)c1ccc2c(c1)OCO2. The lowest BCUT2D eigenvalue weighted by Gasteiger charge is -2.15. The molecular formula is C13H17NO5S. The van der Waals surface area contributed by atoms with Crippen LogP contribution in [0.2, 0.25) is 0 Å². The van der Waals surface area contributed by atoms with Gasteiger partial charge in [-0.05, 0) is 25.2 Å². The van der Waals surface area contributed by atoms with Crippen LogP contribution in [0.15, 0.2) is 18.2 Å². The third-order valence-electron chi connectivity index (χ3n) is 2.95. The van der Waals surface area contributed by atoms with Crippen molar-refractivity contribution in [2.45, 2.75) is 0 Å². The zero-order chi connectivity index (χ0) is 14.8. The molecule has 1 aliphatic heterocycles. The molecule has 6 nitrogen and oxygen atoms in total. The molecule has 110 valence electrons. The van der Waals surface area contributed by atoms with Gasteiger partial charge >= 0.3 is 0 Å². The van der Waals surface area contributed by atoms with Crippen LogP contribution in [0.1, 0.15) is 10.4 Å². The maximum Gasteiger partial charge on any atom is 0.231 e. The number of nitrogens with zero attached hydrogens (tertiary/aromatic N) is 1. The highest BCUT2D eigenvalue weighted by Gasteiger charge is 2.17. The number of likely N-dealkylation sites (N-methyl/N-ethyl adjacent to an activating group) is 1. The summed E-state index contributed by atoms with van der Waals surface area (Å²) in [7, 11) is -1.30. The Kier molecular flexibility index (Phi) is 4.29. The van der Waals surface area contributed by atoms with E-state index in [1.165, 1.54) is 6.26 Å². The summed E-state index contributed by atoms with van der Waals surface area (Å²) < 4.78 is 32.6. The van der Waals surface area contributed by atoms with E-state index in [9.17, 15) is 13.2 Å². The summed E-state index contributed by atoms with van der Waals surface area (Å²) in [6.45, 7) is 0.658. The Balaban J connectivity index is 1.94. The van der Waals surface area contributed by atoms with Crippen molar-refractivity contribution in [2.75, 3.05) is 38.9 Å². The van der Waals surface area contributed by atoms with Crippen LogP contribution in [0.5, 0.6) is 11.5 Å². The Morgan fingerprint density at radius 2 is 2.00 bits per heavy atom. The molecule has 0 saturated carbocycles. The molecule has 0 spiro atoms. The van der Waals surface area contributed by atoms with Gasteiger partial charge in [-0.15, -0.1) is 0 Å². The second kappa shape index (κ2) is 5.80. The first kappa shape index (κ1) is 14.8. The molecule has 0 unspecified atom stereocenters. The molecule has 0 saturated heterocycles. The summed E-state index contributed by atoms with van der Waals surface area (Å²) in [4.78, 5) is 13.8. The number of hydrogen-bond acceptors (Lipinski definition) is 6. The standard InChI is InChI=1S/C13H17NO5S/c1-14(5-6-20(2,16)17)8-11(15)10-3-4-12-13(7-10)19-9-18-12/h3-4,7H,5-6,8-9H2,1-2H3. The van der Waals surface area contributed by atoms with Crippen LogP contribution in [-0.4, -0.2) is 58.0 Å². The Hall–Kier alpha value is -1.60. The molecule has 1 aromatic rings. The van der Waals surface area contributed by atoms with E-state index < -0.39 is 9.84 Å². The maximum atomic E-state index is 12.1. The van der Waals surface area contributed by atoms with Gasteiger partial charge in [-0.3, -0.25) is 9.69 Å². The fourth-order valence-electron chi connectivity index (χ4n) is 1.81. The van der Waals surface area contributed by atoms with Gasteiger partial charge in [-0.25, -0.2) is 8.42 Å². The van der Waals surface area contributed by atoms with Gasteiger partial charge < -0.3 is 9.47 Å². The number of Topliss-reactive ketones (excluding diaryl/α,β-unsaturated/α-hetero) is 1. The lowest BCUT2D eigenvalue weighted by atomic mass is 10.1. The number of carbonyl (C=O) groups is 1. The molecule has 1 heterocycles. The molecule has 0 fully saturated rings. The van der Waals surface area contributed by atoms with Crippen LogP contribution in [-0.2, 0) is 9.84 Å². The van der Waals surface area contributed by atoms with Crippen LogP contribution < -0.4 is 9.47 Å². The molecule has 0 radical (unpaired) electrons. The van der Waals surface area contributed by atoms with Crippen molar-refractivity contribution in [3.05, 3.63) is 23.8 Å². The first-order valence-corrected chi connectivity index (χ1v) is 8.20. The number of hydrogen-bond donors (Lipinski definition) is 0. The van der Waals surface area contributed by atoms with Crippen molar-refractivity contribution in [3.63, 3.8) is 0 Å². The topological polar surface area (TPSA) is 72.9 Å². The minimum absolute atomic E-state index is 0.0396. The van der Waals surface area contributed by atoms with Gasteiger partial charge in [0.25, 0.3) is 0 Å². The molecule has 0 atom stereocenters. The fraction of sp³-hybridized carbons (Fsp3) is 0.462. The minimum atomic E-state index is -3.02. The first-order valence-electron chi connectivity index (χ1n) is 6.14. The predicted octanol–water partition coefficient (Wildman–Crippen LogP) is 0.574. The van der Waals surface area contributed by atoms with Gasteiger partial charge in [0.2, 0.25) is 6.79 Å². The van der Waals surface area contributed by atoms with Gasteiger partial charge in [0.15, 0.2) is 17.3 Å². The quantitative estimate of drug-likeness (QED) is 0.715. The van der Waals surface area contributed by atoms with Crippen molar-refractivity contribution in [2.24, 2.45) is 0 Å². The maximum absolute atomic E-state index is 12.1. The van der Waals surface area contributed by atoms with E-state index in [-0.39, 0.29) is 24.9 Å². The first-order chi connectivity index (χ1) is 9.35. The highest BCUT2D eigenvalue weighted by atomic mass is 32.2. The van der Waals surface area contributed by atoms with Crippen molar-refractivity contribution < 1.29 is 22.7 Å². The zero-order valence-corrected chi connectivity index (χ0v) is 12.3. The number of ether oxygens (including phenoxy) is 2. The van der Waals surface area contributed by atoms with Crippen molar-refractivity contribution in [3.8, 4) is 11.5 Å². The highest BCUT2D eigenvalue weighted by molar-refractivity contribution is 7.90. The van der Waals surface area contributed by atoms with E-state index in [1.54, 1.807) is 30.1 Å². The molecule has 0 aliphatic carbocycles. The molecule has 1 aromatic carbocycles. The van der Waals surface area contributed by atoms with Gasteiger partial charge in [-0.2, -0.15) is 0 Å². The van der Waals surface area contributed by atoms with E-state index in [0.717, 1.165) is 0 Å². The second-order valence-corrected chi connectivity index (χ2v) is 7.12. The largest absolute Gasteiger partial charge is 0.454 e. The van der Waals surface area contributed by atoms with Crippen molar-refractivity contribution in [1.82, 2.24) is 4.90 Å². The fourth-order valence-corrected chi connectivity index (χ4v) is 2.45. The summed E-state index contributed by atoms with van der Waals surface area (Å²) in [5.74, 6) is 1.15. The smallest absolute Gasteiger partial charge is 0.231 e. The molecule has 0 bridgehead atoms. The number of benzene rings is 1. The van der Waals surface area contributed by atoms with E-state index in [4.69, 9.17) is 9.47 Å². The van der Waals surface area contributed by atoms with E-state index in [0.29, 0.717) is 23.6 Å². The van der Waals surface area contributed by atoms with Gasteiger partial charge in [-0.1, -0.05) is 0 Å². The van der Waals surface area contributed by atoms with E-state index in [2.05, 4.69) is 0 Å². The summed E-state index contributed by atoms with van der Waals surface area (Å²) in [6, 6.07) is 5.03. The number of fused-ring (bicyclic) bond motifs is 1. The summed E-state index contributed by atoms with van der Waals surface area (Å²) in [5, 5.41) is 0. The molecule has 0 amide bonds. The molecule has 20 heavy (non-hydrogen) atoms. The Labute approximate surface area is 118 Å². The summed E-state index contributed by atoms with van der Waals surface area (Å²) in [5.41, 5.74) is 0.528. The monoisotopic (exact) mass is 299 g/mol. The van der Waals surface area contributed by atoms with Crippen molar-refractivity contribution >= 4 is 15.6 Å². The molecule has 1 aliphatic rings. The van der Waals surface area contributed by atoms with Gasteiger partial charge in [0, 0.05) is 18.4 Å². The van der Waals surface area contributed by atoms with Gasteiger partial charge in [0.05, 0.1) is 12.3 Å². The lowest BCUT2D eigenvalue weighted by molar-refractivity contribution is 0.0948. The minimum Gasteiger partial charge on any atom is -0.454 e. The summed E-state index contributed by atoms with van der Waals surface area (Å²) >= 11 is 0. The van der Waals surface area contributed by atoms with Crippen LogP contribution in [0.3, 0.4) is 0 Å². The van der Waals surface area contributed by atoms with Gasteiger partial charge in [0.1, 0.15) is 9.84 Å². The Morgan fingerprint density at radius 1 is 1.30 bits per heavy atom. The molecule has 0 aromatic heterocycles. The van der Waals surface area contributed by atoms with Crippen LogP contribution in [0, 0.1) is 0 Å². The molecular weight excluding hydrogens is 282 g/mol. The zero-order valence-electron chi connectivity index (χ0n) is 11.5. The number of carbonyl (C=O) groups excluding carboxylic acids is 1. The molecule has 2 rings (SSSR count).